The summed E-state index contributed by atoms with van der Waals surface area (Å²) in [6.45, 7) is 2.27. The molecule has 5 nitrogen and oxygen atoms in total. The fourth-order valence-electron chi connectivity index (χ4n) is 3.20. The normalized spacial score (nSPS) is 18.3. The Balaban J connectivity index is 1.63. The molecule has 2 unspecified atom stereocenters. The number of hydrogen-bond acceptors (Lipinski definition) is 5. The molecule has 146 valence electrons. The number of epoxide rings is 1. The van der Waals surface area contributed by atoms with Crippen molar-refractivity contribution in [1.82, 2.24) is 9.97 Å². The second kappa shape index (κ2) is 7.67. The minimum atomic E-state index is -0.992. The van der Waals surface area contributed by atoms with Crippen molar-refractivity contribution in [2.75, 3.05) is 13.7 Å². The van der Waals surface area contributed by atoms with Gasteiger partial charge in [-0.25, -0.2) is 14.4 Å². The van der Waals surface area contributed by atoms with Gasteiger partial charge in [0, 0.05) is 10.9 Å². The van der Waals surface area contributed by atoms with Crippen LogP contribution in [0.3, 0.4) is 0 Å². The average molecular weight is 386 g/mol. The van der Waals surface area contributed by atoms with Gasteiger partial charge in [-0.15, -0.1) is 0 Å². The monoisotopic (exact) mass is 386 g/mol. The van der Waals surface area contributed by atoms with E-state index >= 15 is 0 Å². The first-order valence-corrected chi connectivity index (χ1v) is 9.17. The summed E-state index contributed by atoms with van der Waals surface area (Å²) in [4.78, 5) is 8.46. The molecule has 0 bridgehead atoms. The van der Waals surface area contributed by atoms with Gasteiger partial charge < -0.3 is 14.2 Å². The van der Waals surface area contributed by atoms with Crippen LogP contribution in [0.25, 0.3) is 22.2 Å². The first kappa shape index (κ1) is 18.6. The smallest absolute Gasteiger partial charge is 0.201 e. The zero-order chi connectivity index (χ0) is 19.7. The van der Waals surface area contributed by atoms with E-state index < -0.39 is 11.6 Å². The summed E-state index contributed by atoms with van der Waals surface area (Å²) >= 11 is 0. The third-order valence-corrected chi connectivity index (χ3v) is 4.76. The average Bonchev–Trinajstić information content (AvgIpc) is 3.46. The summed E-state index contributed by atoms with van der Waals surface area (Å²) in [6, 6.07) is 6.30. The van der Waals surface area contributed by atoms with Gasteiger partial charge in [0.25, 0.3) is 0 Å². The zero-order valence-electron chi connectivity index (χ0n) is 15.6. The Hall–Kier alpha value is -2.80. The summed E-state index contributed by atoms with van der Waals surface area (Å²) in [6.07, 6.45) is 5.13. The van der Waals surface area contributed by atoms with Gasteiger partial charge in [0.2, 0.25) is 5.82 Å². The molecule has 1 saturated heterocycles. The van der Waals surface area contributed by atoms with Crippen LogP contribution in [0.2, 0.25) is 0 Å². The van der Waals surface area contributed by atoms with Crippen molar-refractivity contribution in [2.24, 2.45) is 0 Å². The summed E-state index contributed by atoms with van der Waals surface area (Å²) in [5, 5.41) is 0.997. The molecule has 0 radical (unpaired) electrons. The molecule has 0 saturated carbocycles. The number of halogens is 2. The van der Waals surface area contributed by atoms with Crippen LogP contribution in [0, 0.1) is 11.6 Å². The number of nitrogens with zero attached hydrogens (tertiary/aromatic N) is 2. The van der Waals surface area contributed by atoms with E-state index in [1.165, 1.54) is 7.11 Å². The first-order valence-electron chi connectivity index (χ1n) is 9.17. The minimum absolute atomic E-state index is 0.0651. The van der Waals surface area contributed by atoms with Gasteiger partial charge in [0.1, 0.15) is 12.7 Å². The maximum atomic E-state index is 14.4. The summed E-state index contributed by atoms with van der Waals surface area (Å²) in [5.41, 5.74) is 0.681. The third-order valence-electron chi connectivity index (χ3n) is 4.76. The number of ether oxygens (including phenoxy) is 3. The highest BCUT2D eigenvalue weighted by atomic mass is 19.2. The number of methoxy groups -OCH3 is 1. The topological polar surface area (TPSA) is 56.8 Å². The van der Waals surface area contributed by atoms with E-state index in [0.717, 1.165) is 18.9 Å². The quantitative estimate of drug-likeness (QED) is 0.559. The zero-order valence-corrected chi connectivity index (χ0v) is 15.6. The lowest BCUT2D eigenvalue weighted by atomic mass is 10.0. The van der Waals surface area contributed by atoms with Gasteiger partial charge in [-0.1, -0.05) is 19.4 Å². The predicted octanol–water partition coefficient (Wildman–Crippen LogP) is 4.53. The Morgan fingerprint density at radius 2 is 1.89 bits per heavy atom. The van der Waals surface area contributed by atoms with Crippen molar-refractivity contribution in [3.8, 4) is 22.9 Å². The van der Waals surface area contributed by atoms with Gasteiger partial charge in [-0.2, -0.15) is 4.39 Å². The van der Waals surface area contributed by atoms with Crippen molar-refractivity contribution in [2.45, 2.75) is 32.0 Å². The Bertz CT molecular complexity index is 995. The number of hydrogen-bond donors (Lipinski definition) is 0. The van der Waals surface area contributed by atoms with Crippen molar-refractivity contribution < 1.29 is 23.0 Å². The van der Waals surface area contributed by atoms with E-state index in [1.807, 2.05) is 0 Å². The Morgan fingerprint density at radius 1 is 1.11 bits per heavy atom. The Labute approximate surface area is 161 Å². The standard InChI is InChI=1S/C21H20F2N2O3/c1-3-4-17-18(28-17)11-27-20-15-6-5-12(7-13(15)8-16(22)19(20)23)21-24-9-14(26-2)10-25-21/h5-10,17-18H,3-4,11H2,1-2H3. The molecule has 1 aliphatic heterocycles. The lowest BCUT2D eigenvalue weighted by Gasteiger charge is -2.11. The van der Waals surface area contributed by atoms with Crippen LogP contribution < -0.4 is 9.47 Å². The van der Waals surface area contributed by atoms with Crippen LogP contribution in [0.5, 0.6) is 11.5 Å². The van der Waals surface area contributed by atoms with E-state index in [-0.39, 0.29) is 24.6 Å². The highest BCUT2D eigenvalue weighted by Crippen LogP contribution is 2.35. The van der Waals surface area contributed by atoms with Gasteiger partial charge in [0.05, 0.1) is 25.6 Å². The maximum absolute atomic E-state index is 14.4. The van der Waals surface area contributed by atoms with Crippen LogP contribution in [-0.4, -0.2) is 35.9 Å². The van der Waals surface area contributed by atoms with Crippen molar-refractivity contribution in [3.05, 3.63) is 48.3 Å². The van der Waals surface area contributed by atoms with Gasteiger partial charge >= 0.3 is 0 Å². The molecule has 0 N–H and O–H groups in total. The minimum Gasteiger partial charge on any atom is -0.494 e. The van der Waals surface area contributed by atoms with Crippen LogP contribution in [0.4, 0.5) is 8.78 Å². The summed E-state index contributed by atoms with van der Waals surface area (Å²) in [5.74, 6) is -1.05. The fourth-order valence-corrected chi connectivity index (χ4v) is 3.20. The number of fused-ring (bicyclic) bond motifs is 1. The molecule has 2 aromatic carbocycles. The molecule has 2 atom stereocenters. The fraction of sp³-hybridized carbons (Fsp3) is 0.333. The highest BCUT2D eigenvalue weighted by Gasteiger charge is 2.38. The molecule has 28 heavy (non-hydrogen) atoms. The van der Waals surface area contributed by atoms with Gasteiger partial charge in [0.15, 0.2) is 23.1 Å². The second-order valence-electron chi connectivity index (χ2n) is 6.70. The predicted molar refractivity (Wildman–Crippen MR) is 101 cm³/mol. The Morgan fingerprint density at radius 3 is 2.61 bits per heavy atom. The molecule has 7 heteroatoms. The van der Waals surface area contributed by atoms with Crippen LogP contribution >= 0.6 is 0 Å². The lowest BCUT2D eigenvalue weighted by Crippen LogP contribution is -2.09. The van der Waals surface area contributed by atoms with E-state index in [4.69, 9.17) is 14.2 Å². The molecule has 0 aliphatic carbocycles. The third kappa shape index (κ3) is 3.62. The van der Waals surface area contributed by atoms with E-state index in [9.17, 15) is 8.78 Å². The maximum Gasteiger partial charge on any atom is 0.201 e. The van der Waals surface area contributed by atoms with Crippen molar-refractivity contribution in [3.63, 3.8) is 0 Å². The molecule has 1 fully saturated rings. The molecule has 0 amide bonds. The Kier molecular flexibility index (Phi) is 5.09. The number of benzene rings is 2. The molecule has 0 spiro atoms. The lowest BCUT2D eigenvalue weighted by molar-refractivity contribution is 0.251. The number of rotatable bonds is 7. The first-order chi connectivity index (χ1) is 13.6. The summed E-state index contributed by atoms with van der Waals surface area (Å²) < 4.78 is 44.7. The van der Waals surface area contributed by atoms with E-state index in [1.54, 1.807) is 30.6 Å². The highest BCUT2D eigenvalue weighted by molar-refractivity contribution is 5.91. The molecule has 2 heterocycles. The number of aromatic nitrogens is 2. The van der Waals surface area contributed by atoms with Crippen LogP contribution in [-0.2, 0) is 4.74 Å². The molecular formula is C21H20F2N2O3. The van der Waals surface area contributed by atoms with E-state index in [2.05, 4.69) is 16.9 Å². The molecule has 1 aromatic heterocycles. The van der Waals surface area contributed by atoms with Crippen LogP contribution in [0.15, 0.2) is 36.7 Å². The van der Waals surface area contributed by atoms with E-state index in [0.29, 0.717) is 27.9 Å². The van der Waals surface area contributed by atoms with Crippen molar-refractivity contribution in [1.29, 1.82) is 0 Å². The SMILES string of the molecule is CCCC1OC1COc1c(F)c(F)cc2cc(-c3ncc(OC)cn3)ccc12. The van der Waals surface area contributed by atoms with Crippen molar-refractivity contribution >= 4 is 10.8 Å². The molecule has 4 rings (SSSR count). The molecular weight excluding hydrogens is 366 g/mol. The van der Waals surface area contributed by atoms with Gasteiger partial charge in [-0.3, -0.25) is 0 Å². The largest absolute Gasteiger partial charge is 0.494 e. The molecule has 1 aliphatic rings. The molecule has 3 aromatic rings. The second-order valence-corrected chi connectivity index (χ2v) is 6.70. The van der Waals surface area contributed by atoms with Crippen LogP contribution in [0.1, 0.15) is 19.8 Å². The summed E-state index contributed by atoms with van der Waals surface area (Å²) in [7, 11) is 1.53. The van der Waals surface area contributed by atoms with Gasteiger partial charge in [-0.05, 0) is 30.0 Å².